The van der Waals surface area contributed by atoms with Crippen molar-refractivity contribution in [2.45, 2.75) is 38.5 Å². The lowest BCUT2D eigenvalue weighted by atomic mass is 9.71. The van der Waals surface area contributed by atoms with Gasteiger partial charge in [-0.2, -0.15) is 0 Å². The molecule has 0 saturated heterocycles. The molecule has 0 radical (unpaired) electrons. The zero-order chi connectivity index (χ0) is 29.8. The molecule has 0 aromatic heterocycles. The molecule has 8 nitrogen and oxygen atoms in total. The van der Waals surface area contributed by atoms with E-state index in [0.717, 1.165) is 22.6 Å². The smallest absolute Gasteiger partial charge is 0.254 e. The first-order valence-electron chi connectivity index (χ1n) is 14.0. The molecular formula is C34H36N2O6. The molecule has 0 bridgehead atoms. The number of rotatable bonds is 9. The van der Waals surface area contributed by atoms with Crippen LogP contribution >= 0.6 is 0 Å². The number of benzene rings is 3. The minimum absolute atomic E-state index is 0.00432. The molecule has 5 rings (SSSR count). The fourth-order valence-electron chi connectivity index (χ4n) is 5.81. The van der Waals surface area contributed by atoms with Crippen molar-refractivity contribution < 1.29 is 28.5 Å². The Morgan fingerprint density at radius 1 is 0.857 bits per heavy atom. The van der Waals surface area contributed by atoms with Crippen LogP contribution in [0.25, 0.3) is 0 Å². The minimum Gasteiger partial charge on any atom is -0.497 e. The molecule has 1 heterocycles. The highest BCUT2D eigenvalue weighted by Gasteiger charge is 2.41. The van der Waals surface area contributed by atoms with E-state index in [1.165, 1.54) is 0 Å². The van der Waals surface area contributed by atoms with Gasteiger partial charge in [0.25, 0.3) is 5.91 Å². The van der Waals surface area contributed by atoms with Crippen molar-refractivity contribution >= 4 is 17.4 Å². The zero-order valence-corrected chi connectivity index (χ0v) is 24.6. The number of anilines is 1. The second-order valence-corrected chi connectivity index (χ2v) is 10.3. The van der Waals surface area contributed by atoms with E-state index in [2.05, 4.69) is 10.6 Å². The summed E-state index contributed by atoms with van der Waals surface area (Å²) in [6.07, 6.45) is 0.935. The van der Waals surface area contributed by atoms with Crippen molar-refractivity contribution in [2.75, 3.05) is 33.3 Å². The van der Waals surface area contributed by atoms with Crippen molar-refractivity contribution in [1.29, 1.82) is 0 Å². The van der Waals surface area contributed by atoms with Crippen molar-refractivity contribution in [2.24, 2.45) is 0 Å². The first-order chi connectivity index (χ1) is 20.4. The molecule has 0 fully saturated rings. The van der Waals surface area contributed by atoms with E-state index in [9.17, 15) is 9.59 Å². The fourth-order valence-corrected chi connectivity index (χ4v) is 5.81. The third-order valence-electron chi connectivity index (χ3n) is 7.82. The van der Waals surface area contributed by atoms with E-state index < -0.39 is 5.92 Å². The van der Waals surface area contributed by atoms with Crippen LogP contribution in [0.15, 0.2) is 89.3 Å². The summed E-state index contributed by atoms with van der Waals surface area (Å²) in [4.78, 5) is 27.9. The van der Waals surface area contributed by atoms with Crippen molar-refractivity contribution in [3.8, 4) is 23.0 Å². The Bertz CT molecular complexity index is 1540. The predicted molar refractivity (Wildman–Crippen MR) is 161 cm³/mol. The van der Waals surface area contributed by atoms with E-state index in [0.29, 0.717) is 59.2 Å². The highest BCUT2D eigenvalue weighted by Crippen LogP contribution is 2.46. The molecule has 3 aromatic rings. The lowest BCUT2D eigenvalue weighted by molar-refractivity contribution is -0.116. The quantitative estimate of drug-likeness (QED) is 0.322. The number of nitrogens with one attached hydrogen (secondary N) is 2. The summed E-state index contributed by atoms with van der Waals surface area (Å²) in [6, 6.07) is 20.6. The third-order valence-corrected chi connectivity index (χ3v) is 7.82. The summed E-state index contributed by atoms with van der Waals surface area (Å²) in [5, 5.41) is 6.46. The average Bonchev–Trinajstić information content (AvgIpc) is 3.00. The van der Waals surface area contributed by atoms with Gasteiger partial charge in [0.1, 0.15) is 11.5 Å². The Kier molecular flexibility index (Phi) is 8.52. The van der Waals surface area contributed by atoms with Gasteiger partial charge in [0.05, 0.1) is 27.9 Å². The highest BCUT2D eigenvalue weighted by molar-refractivity contribution is 6.10. The summed E-state index contributed by atoms with van der Waals surface area (Å²) in [5.74, 6) is 1.84. The Labute approximate surface area is 246 Å². The molecule has 2 atom stereocenters. The SMILES string of the molecule is CCOc1ccc([C@H]2C(C(=O)Nc3ccc(OC)cc3)=C(C)NC3=C2C(=O)C[C@H](c2ccc(OC)c(OC)c2)C3)cc1. The van der Waals surface area contributed by atoms with E-state index in [4.69, 9.17) is 18.9 Å². The number of Topliss-reactive ketones (excluding diaryl/α,β-unsaturated/α-hetero) is 1. The number of dihydropyridines is 1. The lowest BCUT2D eigenvalue weighted by Gasteiger charge is -2.37. The van der Waals surface area contributed by atoms with Crippen molar-refractivity contribution in [1.82, 2.24) is 5.32 Å². The summed E-state index contributed by atoms with van der Waals surface area (Å²) in [5.41, 5.74) is 5.16. The molecule has 42 heavy (non-hydrogen) atoms. The van der Waals surface area contributed by atoms with Gasteiger partial charge in [-0.15, -0.1) is 0 Å². The molecule has 0 spiro atoms. The van der Waals surface area contributed by atoms with Gasteiger partial charge < -0.3 is 29.6 Å². The Morgan fingerprint density at radius 3 is 2.17 bits per heavy atom. The van der Waals surface area contributed by atoms with Crippen LogP contribution in [0.2, 0.25) is 0 Å². The van der Waals surface area contributed by atoms with Gasteiger partial charge >= 0.3 is 0 Å². The van der Waals surface area contributed by atoms with Crippen LogP contribution in [0, 0.1) is 0 Å². The number of hydrogen-bond donors (Lipinski definition) is 2. The second-order valence-electron chi connectivity index (χ2n) is 10.3. The molecule has 1 amide bonds. The van der Waals surface area contributed by atoms with Crippen LogP contribution in [0.4, 0.5) is 5.69 Å². The molecule has 0 saturated carbocycles. The van der Waals surface area contributed by atoms with Gasteiger partial charge in [-0.25, -0.2) is 0 Å². The summed E-state index contributed by atoms with van der Waals surface area (Å²) in [6.45, 7) is 4.37. The molecule has 1 aliphatic carbocycles. The van der Waals surface area contributed by atoms with Crippen LogP contribution < -0.4 is 29.6 Å². The van der Waals surface area contributed by atoms with Crippen molar-refractivity contribution in [3.63, 3.8) is 0 Å². The zero-order valence-electron chi connectivity index (χ0n) is 24.6. The average molecular weight is 569 g/mol. The normalized spacial score (nSPS) is 18.2. The first kappa shape index (κ1) is 28.8. The van der Waals surface area contributed by atoms with Gasteiger partial charge in [-0.05, 0) is 85.8 Å². The molecule has 0 unspecified atom stereocenters. The number of methoxy groups -OCH3 is 3. The number of carbonyl (C=O) groups excluding carboxylic acids is 2. The number of ether oxygens (including phenoxy) is 4. The molecule has 3 aromatic carbocycles. The third kappa shape index (κ3) is 5.70. The fraction of sp³-hybridized carbons (Fsp3) is 0.294. The van der Waals surface area contributed by atoms with Gasteiger partial charge in [0.15, 0.2) is 17.3 Å². The summed E-state index contributed by atoms with van der Waals surface area (Å²) >= 11 is 0. The largest absolute Gasteiger partial charge is 0.497 e. The Hall–Kier alpha value is -4.72. The van der Waals surface area contributed by atoms with Crippen LogP contribution in [-0.2, 0) is 9.59 Å². The molecule has 2 N–H and O–H groups in total. The van der Waals surface area contributed by atoms with Crippen LogP contribution in [0.5, 0.6) is 23.0 Å². The minimum atomic E-state index is -0.533. The van der Waals surface area contributed by atoms with Crippen LogP contribution in [0.3, 0.4) is 0 Å². The van der Waals surface area contributed by atoms with Gasteiger partial charge in [-0.3, -0.25) is 9.59 Å². The number of allylic oxidation sites excluding steroid dienone is 3. The summed E-state index contributed by atoms with van der Waals surface area (Å²) < 4.78 is 21.8. The van der Waals surface area contributed by atoms with E-state index in [1.54, 1.807) is 45.6 Å². The molecule has 218 valence electrons. The molecule has 8 heteroatoms. The molecule has 1 aliphatic heterocycles. The standard InChI is InChI=1S/C34H36N2O6/c1-6-42-26-12-7-21(8-13-26)32-31(34(38)36-24-10-14-25(39-3)15-11-24)20(2)35-27-17-23(18-28(37)33(27)32)22-9-16-29(40-4)30(19-22)41-5/h7-16,19,23,32,35H,6,17-18H2,1-5H3,(H,36,38)/t23-,32+/m1/s1. The topological polar surface area (TPSA) is 95.1 Å². The maximum Gasteiger partial charge on any atom is 0.254 e. The number of hydrogen-bond acceptors (Lipinski definition) is 7. The lowest BCUT2D eigenvalue weighted by Crippen LogP contribution is -2.37. The number of amides is 1. The number of ketones is 1. The van der Waals surface area contributed by atoms with Crippen LogP contribution in [-0.4, -0.2) is 39.6 Å². The Balaban J connectivity index is 1.52. The first-order valence-corrected chi connectivity index (χ1v) is 14.0. The summed E-state index contributed by atoms with van der Waals surface area (Å²) in [7, 11) is 4.80. The maximum atomic E-state index is 14.0. The molecular weight excluding hydrogens is 532 g/mol. The van der Waals surface area contributed by atoms with E-state index in [1.807, 2.05) is 56.3 Å². The van der Waals surface area contributed by atoms with Gasteiger partial charge in [-0.1, -0.05) is 18.2 Å². The van der Waals surface area contributed by atoms with Gasteiger partial charge in [0, 0.05) is 40.6 Å². The van der Waals surface area contributed by atoms with E-state index in [-0.39, 0.29) is 17.6 Å². The Morgan fingerprint density at radius 2 is 1.52 bits per heavy atom. The number of carbonyl (C=O) groups is 2. The van der Waals surface area contributed by atoms with E-state index >= 15 is 0 Å². The predicted octanol–water partition coefficient (Wildman–Crippen LogP) is 6.11. The second kappa shape index (κ2) is 12.4. The maximum absolute atomic E-state index is 14.0. The van der Waals surface area contributed by atoms with Crippen molar-refractivity contribution in [3.05, 3.63) is 100 Å². The highest BCUT2D eigenvalue weighted by atomic mass is 16.5. The van der Waals surface area contributed by atoms with Gasteiger partial charge in [0.2, 0.25) is 0 Å². The molecule has 2 aliphatic rings. The van der Waals surface area contributed by atoms with Crippen LogP contribution in [0.1, 0.15) is 49.7 Å². The monoisotopic (exact) mass is 568 g/mol.